The fraction of sp³-hybridized carbons (Fsp3) is 0.118. The number of hydrogen-bond donors (Lipinski definition) is 1. The molecule has 0 aliphatic rings. The van der Waals surface area contributed by atoms with Crippen LogP contribution < -0.4 is 5.32 Å². The molecule has 1 N–H and O–H groups in total. The fourth-order valence-electron chi connectivity index (χ4n) is 2.18. The molecule has 0 saturated carbocycles. The van der Waals surface area contributed by atoms with Crippen molar-refractivity contribution in [3.8, 4) is 11.4 Å². The monoisotopic (exact) mass is 436 g/mol. The van der Waals surface area contributed by atoms with Crippen LogP contribution in [0.1, 0.15) is 0 Å². The standard InChI is InChI=1S/C17H14BrClN4OS/c1-23-16(11-5-3-2-4-6-11)21-22-17(23)25-10-15(24)20-12-7-8-13(18)14(19)9-12/h2-9H,10H2,1H3,(H,20,24). The summed E-state index contributed by atoms with van der Waals surface area (Å²) < 4.78 is 2.66. The molecule has 8 heteroatoms. The zero-order chi connectivity index (χ0) is 17.8. The van der Waals surface area contributed by atoms with Crippen LogP contribution in [0.3, 0.4) is 0 Å². The van der Waals surface area contributed by atoms with Crippen LogP contribution in [0.5, 0.6) is 0 Å². The van der Waals surface area contributed by atoms with E-state index < -0.39 is 0 Å². The molecule has 0 aliphatic carbocycles. The van der Waals surface area contributed by atoms with Crippen molar-refractivity contribution in [3.63, 3.8) is 0 Å². The molecule has 0 spiro atoms. The zero-order valence-electron chi connectivity index (χ0n) is 13.2. The summed E-state index contributed by atoms with van der Waals surface area (Å²) in [6, 6.07) is 15.1. The van der Waals surface area contributed by atoms with Crippen LogP contribution >= 0.6 is 39.3 Å². The molecule has 1 amide bonds. The number of anilines is 1. The Morgan fingerprint density at radius 1 is 1.24 bits per heavy atom. The van der Waals surface area contributed by atoms with E-state index in [9.17, 15) is 4.79 Å². The lowest BCUT2D eigenvalue weighted by Crippen LogP contribution is -2.14. The summed E-state index contributed by atoms with van der Waals surface area (Å²) in [5.74, 6) is 0.866. The molecular weight excluding hydrogens is 424 g/mol. The number of nitrogens with zero attached hydrogens (tertiary/aromatic N) is 3. The molecule has 0 fully saturated rings. The Labute approximate surface area is 162 Å². The van der Waals surface area contributed by atoms with Crippen molar-refractivity contribution >= 4 is 50.9 Å². The Hall–Kier alpha value is -1.83. The second-order valence-corrected chi connectivity index (χ2v) is 7.40. The first kappa shape index (κ1) is 18.0. The summed E-state index contributed by atoms with van der Waals surface area (Å²) in [6.45, 7) is 0. The molecule has 0 aliphatic heterocycles. The van der Waals surface area contributed by atoms with E-state index in [1.165, 1.54) is 11.8 Å². The number of nitrogens with one attached hydrogen (secondary N) is 1. The fourth-order valence-corrected chi connectivity index (χ4v) is 3.32. The minimum Gasteiger partial charge on any atom is -0.325 e. The van der Waals surface area contributed by atoms with Gasteiger partial charge in [-0.25, -0.2) is 0 Å². The van der Waals surface area contributed by atoms with Gasteiger partial charge in [0.05, 0.1) is 10.8 Å². The van der Waals surface area contributed by atoms with Crippen LogP contribution in [0.4, 0.5) is 5.69 Å². The summed E-state index contributed by atoms with van der Waals surface area (Å²) >= 11 is 10.7. The quantitative estimate of drug-likeness (QED) is 0.591. The number of carbonyl (C=O) groups excluding carboxylic acids is 1. The van der Waals surface area contributed by atoms with E-state index in [2.05, 4.69) is 31.4 Å². The van der Waals surface area contributed by atoms with Gasteiger partial charge in [0, 0.05) is 22.8 Å². The predicted molar refractivity (Wildman–Crippen MR) is 105 cm³/mol. The molecule has 25 heavy (non-hydrogen) atoms. The first-order valence-electron chi connectivity index (χ1n) is 7.37. The summed E-state index contributed by atoms with van der Waals surface area (Å²) in [5, 5.41) is 12.4. The van der Waals surface area contributed by atoms with E-state index in [4.69, 9.17) is 11.6 Å². The summed E-state index contributed by atoms with van der Waals surface area (Å²) in [4.78, 5) is 12.1. The lowest BCUT2D eigenvalue weighted by atomic mass is 10.2. The number of carbonyl (C=O) groups is 1. The van der Waals surface area contributed by atoms with Gasteiger partial charge in [-0.3, -0.25) is 4.79 Å². The highest BCUT2D eigenvalue weighted by molar-refractivity contribution is 9.10. The van der Waals surface area contributed by atoms with E-state index in [1.54, 1.807) is 18.2 Å². The minimum absolute atomic E-state index is 0.132. The molecule has 2 aromatic carbocycles. The van der Waals surface area contributed by atoms with E-state index in [-0.39, 0.29) is 11.7 Å². The Balaban J connectivity index is 1.63. The van der Waals surface area contributed by atoms with Gasteiger partial charge < -0.3 is 9.88 Å². The lowest BCUT2D eigenvalue weighted by molar-refractivity contribution is -0.113. The number of benzene rings is 2. The molecule has 0 atom stereocenters. The van der Waals surface area contributed by atoms with Gasteiger partial charge >= 0.3 is 0 Å². The molecule has 0 bridgehead atoms. The number of rotatable bonds is 5. The number of thioether (sulfide) groups is 1. The van der Waals surface area contributed by atoms with E-state index in [0.29, 0.717) is 15.9 Å². The second kappa shape index (κ2) is 8.03. The molecule has 1 aromatic heterocycles. The van der Waals surface area contributed by atoms with Crippen LogP contribution in [-0.4, -0.2) is 26.4 Å². The van der Waals surface area contributed by atoms with Gasteiger partial charge in [-0.2, -0.15) is 0 Å². The van der Waals surface area contributed by atoms with Crippen molar-refractivity contribution in [2.45, 2.75) is 5.16 Å². The van der Waals surface area contributed by atoms with Crippen molar-refractivity contribution < 1.29 is 4.79 Å². The molecule has 0 saturated heterocycles. The van der Waals surface area contributed by atoms with Gasteiger partial charge in [-0.05, 0) is 34.1 Å². The topological polar surface area (TPSA) is 59.8 Å². The summed E-state index contributed by atoms with van der Waals surface area (Å²) in [6.07, 6.45) is 0. The number of halogens is 2. The third-order valence-electron chi connectivity index (χ3n) is 3.40. The molecule has 0 unspecified atom stereocenters. The maximum atomic E-state index is 12.1. The molecule has 128 valence electrons. The van der Waals surface area contributed by atoms with Crippen LogP contribution in [0, 0.1) is 0 Å². The van der Waals surface area contributed by atoms with Gasteiger partial charge in [0.15, 0.2) is 11.0 Å². The van der Waals surface area contributed by atoms with Gasteiger partial charge in [0.1, 0.15) is 0 Å². The SMILES string of the molecule is Cn1c(SCC(=O)Nc2ccc(Br)c(Cl)c2)nnc1-c1ccccc1. The molecule has 5 nitrogen and oxygen atoms in total. The number of hydrogen-bond acceptors (Lipinski definition) is 4. The third kappa shape index (κ3) is 4.42. The first-order valence-corrected chi connectivity index (χ1v) is 9.53. The average molecular weight is 438 g/mol. The highest BCUT2D eigenvalue weighted by Gasteiger charge is 2.13. The van der Waals surface area contributed by atoms with E-state index in [0.717, 1.165) is 15.9 Å². The third-order valence-corrected chi connectivity index (χ3v) is 5.66. The van der Waals surface area contributed by atoms with E-state index in [1.807, 2.05) is 41.9 Å². The molecular formula is C17H14BrClN4OS. The van der Waals surface area contributed by atoms with Gasteiger partial charge in [-0.1, -0.05) is 53.7 Å². The van der Waals surface area contributed by atoms with Crippen molar-refractivity contribution in [1.82, 2.24) is 14.8 Å². The molecule has 0 radical (unpaired) electrons. The zero-order valence-corrected chi connectivity index (χ0v) is 16.4. The number of amides is 1. The Bertz CT molecular complexity index is 901. The Morgan fingerprint density at radius 3 is 2.72 bits per heavy atom. The van der Waals surface area contributed by atoms with Gasteiger partial charge in [-0.15, -0.1) is 10.2 Å². The minimum atomic E-state index is -0.132. The molecule has 3 aromatic rings. The van der Waals surface area contributed by atoms with Crippen molar-refractivity contribution in [2.75, 3.05) is 11.1 Å². The smallest absolute Gasteiger partial charge is 0.234 e. The van der Waals surface area contributed by atoms with Crippen molar-refractivity contribution in [2.24, 2.45) is 7.05 Å². The highest BCUT2D eigenvalue weighted by atomic mass is 79.9. The largest absolute Gasteiger partial charge is 0.325 e. The number of aromatic nitrogens is 3. The maximum Gasteiger partial charge on any atom is 0.234 e. The summed E-state index contributed by atoms with van der Waals surface area (Å²) in [5.41, 5.74) is 1.64. The van der Waals surface area contributed by atoms with Crippen LogP contribution in [0.25, 0.3) is 11.4 Å². The lowest BCUT2D eigenvalue weighted by Gasteiger charge is -2.06. The second-order valence-electron chi connectivity index (χ2n) is 5.20. The van der Waals surface area contributed by atoms with Crippen molar-refractivity contribution in [1.29, 1.82) is 0 Å². The van der Waals surface area contributed by atoms with Gasteiger partial charge in [0.25, 0.3) is 0 Å². The normalized spacial score (nSPS) is 10.7. The van der Waals surface area contributed by atoms with Crippen LogP contribution in [0.2, 0.25) is 5.02 Å². The van der Waals surface area contributed by atoms with Gasteiger partial charge in [0.2, 0.25) is 5.91 Å². The Kier molecular flexibility index (Phi) is 5.78. The summed E-state index contributed by atoms with van der Waals surface area (Å²) in [7, 11) is 1.89. The Morgan fingerprint density at radius 2 is 2.00 bits per heavy atom. The first-order chi connectivity index (χ1) is 12.0. The molecule has 3 rings (SSSR count). The average Bonchev–Trinajstić information content (AvgIpc) is 2.98. The highest BCUT2D eigenvalue weighted by Crippen LogP contribution is 2.26. The van der Waals surface area contributed by atoms with Crippen molar-refractivity contribution in [3.05, 3.63) is 58.0 Å². The predicted octanol–water partition coefficient (Wildman–Crippen LogP) is 4.63. The molecule has 1 heterocycles. The maximum absolute atomic E-state index is 12.1. The van der Waals surface area contributed by atoms with Crippen LogP contribution in [-0.2, 0) is 11.8 Å². The van der Waals surface area contributed by atoms with Crippen LogP contribution in [0.15, 0.2) is 58.2 Å². The van der Waals surface area contributed by atoms with E-state index >= 15 is 0 Å².